The van der Waals surface area contributed by atoms with Gasteiger partial charge < -0.3 is 0 Å². The van der Waals surface area contributed by atoms with E-state index in [0.717, 1.165) is 81.7 Å². The summed E-state index contributed by atoms with van der Waals surface area (Å²) in [7, 11) is 0. The van der Waals surface area contributed by atoms with Crippen LogP contribution in [0.1, 0.15) is 153 Å². The summed E-state index contributed by atoms with van der Waals surface area (Å²) in [5.74, 6) is 2.63. The first kappa shape index (κ1) is 51.7. The quantitative estimate of drug-likeness (QED) is 0.0478. The third-order valence-corrected chi connectivity index (χ3v) is 14.0. The van der Waals surface area contributed by atoms with Gasteiger partial charge in [-0.05, 0) is 91.8 Å². The van der Waals surface area contributed by atoms with Crippen molar-refractivity contribution in [2.24, 2.45) is 0 Å². The van der Waals surface area contributed by atoms with Crippen molar-refractivity contribution in [3.63, 3.8) is 0 Å². The summed E-state index contributed by atoms with van der Waals surface area (Å²) < 4.78 is 0. The highest BCUT2D eigenvalue weighted by Crippen LogP contribution is 2.31. The summed E-state index contributed by atoms with van der Waals surface area (Å²) >= 11 is 0. The lowest BCUT2D eigenvalue weighted by atomic mass is 10.0. The largest absolute Gasteiger partial charge is 0.255 e. The molecule has 0 aliphatic carbocycles. The second-order valence-corrected chi connectivity index (χ2v) is 19.8. The normalized spacial score (nSPS) is 11.3. The predicted molar refractivity (Wildman–Crippen MR) is 303 cm³/mol. The predicted octanol–water partition coefficient (Wildman–Crippen LogP) is 18.2. The van der Waals surface area contributed by atoms with Gasteiger partial charge in [0.15, 0.2) is 23.3 Å². The van der Waals surface area contributed by atoms with Gasteiger partial charge in [0.1, 0.15) is 0 Å². The topological polar surface area (TPSA) is 77.3 Å². The molecule has 0 aliphatic rings. The van der Waals surface area contributed by atoms with E-state index in [1.165, 1.54) is 125 Å². The molecule has 0 fully saturated rings. The van der Waals surface area contributed by atoms with Gasteiger partial charge in [-0.25, -0.2) is 24.9 Å². The van der Waals surface area contributed by atoms with Crippen LogP contribution in [-0.4, -0.2) is 29.9 Å². The zero-order valence-corrected chi connectivity index (χ0v) is 43.7. The van der Waals surface area contributed by atoms with Crippen LogP contribution in [0, 0.1) is 0 Å². The molecule has 3 aromatic heterocycles. The molecule has 0 aliphatic heterocycles. The standard InChI is InChI=1S/C66H76N6/c1-5-9-13-17-21-49-25-33-54(34-26-49)61-47-62(55-35-27-50(28-36-55)22-18-14-10-6-2)69-63(68-61)58-43-41-53(42-44-58)60-46-45-59(48-67-60)66-71-64(56-37-29-51(30-38-56)23-19-15-11-7-3)70-65(72-66)57-39-31-52(32-40-57)24-20-16-12-8-4/h25-48H,5-24H2,1-4H3. The number of aryl methyl sites for hydroxylation is 4. The minimum Gasteiger partial charge on any atom is -0.255 e. The first-order valence-corrected chi connectivity index (χ1v) is 27.6. The van der Waals surface area contributed by atoms with Crippen LogP contribution < -0.4 is 0 Å². The molecular formula is C66H76N6. The highest BCUT2D eigenvalue weighted by atomic mass is 15.0. The monoisotopic (exact) mass is 953 g/mol. The number of nitrogens with zero attached hydrogens (tertiary/aromatic N) is 6. The Morgan fingerprint density at radius 2 is 0.528 bits per heavy atom. The average Bonchev–Trinajstić information content (AvgIpc) is 3.44. The van der Waals surface area contributed by atoms with E-state index in [1.807, 2.05) is 6.20 Å². The van der Waals surface area contributed by atoms with Crippen molar-refractivity contribution in [2.45, 2.75) is 156 Å². The Balaban J connectivity index is 1.05. The van der Waals surface area contributed by atoms with Crippen LogP contribution in [0.15, 0.2) is 146 Å². The SMILES string of the molecule is CCCCCCc1ccc(-c2cc(-c3ccc(CCCCCC)cc3)nc(-c3ccc(-c4ccc(-c5nc(-c6ccc(CCCCCC)cc6)nc(-c6ccc(CCCCCC)cc6)n5)cn4)cc3)n2)cc1. The van der Waals surface area contributed by atoms with E-state index in [9.17, 15) is 0 Å². The van der Waals surface area contributed by atoms with Crippen LogP contribution in [0.2, 0.25) is 0 Å². The molecule has 370 valence electrons. The van der Waals surface area contributed by atoms with Crippen LogP contribution in [-0.2, 0) is 25.7 Å². The number of aromatic nitrogens is 6. The smallest absolute Gasteiger partial charge is 0.165 e. The van der Waals surface area contributed by atoms with E-state index in [-0.39, 0.29) is 0 Å². The molecule has 0 spiro atoms. The summed E-state index contributed by atoms with van der Waals surface area (Å²) in [5.41, 5.74) is 15.1. The van der Waals surface area contributed by atoms with E-state index in [4.69, 9.17) is 29.9 Å². The van der Waals surface area contributed by atoms with Crippen molar-refractivity contribution in [2.75, 3.05) is 0 Å². The van der Waals surface area contributed by atoms with Crippen molar-refractivity contribution >= 4 is 0 Å². The molecule has 5 aromatic carbocycles. The molecule has 0 saturated heterocycles. The highest BCUT2D eigenvalue weighted by Gasteiger charge is 2.16. The first-order chi connectivity index (χ1) is 35.5. The molecule has 8 aromatic rings. The molecule has 0 unspecified atom stereocenters. The van der Waals surface area contributed by atoms with Gasteiger partial charge in [0.2, 0.25) is 0 Å². The number of rotatable bonds is 27. The van der Waals surface area contributed by atoms with Crippen LogP contribution in [0.4, 0.5) is 0 Å². The molecule has 0 radical (unpaired) electrons. The Labute approximate surface area is 431 Å². The van der Waals surface area contributed by atoms with Crippen molar-refractivity contribution < 1.29 is 0 Å². The van der Waals surface area contributed by atoms with Gasteiger partial charge in [-0.3, -0.25) is 4.98 Å². The maximum Gasteiger partial charge on any atom is 0.165 e. The molecule has 0 atom stereocenters. The van der Waals surface area contributed by atoms with Crippen molar-refractivity contribution in [1.82, 2.24) is 29.9 Å². The fourth-order valence-electron chi connectivity index (χ4n) is 9.47. The molecular weight excluding hydrogens is 877 g/mol. The number of hydrogen-bond acceptors (Lipinski definition) is 6. The number of benzene rings is 5. The van der Waals surface area contributed by atoms with Crippen LogP contribution in [0.5, 0.6) is 0 Å². The summed E-state index contributed by atoms with van der Waals surface area (Å²) in [4.78, 5) is 30.6. The van der Waals surface area contributed by atoms with Gasteiger partial charge in [-0.15, -0.1) is 0 Å². The Bertz CT molecular complexity index is 2500. The van der Waals surface area contributed by atoms with Crippen LogP contribution >= 0.6 is 0 Å². The first-order valence-electron chi connectivity index (χ1n) is 27.6. The fraction of sp³-hybridized carbons (Fsp3) is 0.364. The average molecular weight is 953 g/mol. The van der Waals surface area contributed by atoms with E-state index in [0.29, 0.717) is 23.3 Å². The summed E-state index contributed by atoms with van der Waals surface area (Å²) in [5, 5.41) is 0. The zero-order chi connectivity index (χ0) is 49.7. The minimum atomic E-state index is 0.604. The lowest BCUT2D eigenvalue weighted by Gasteiger charge is -2.11. The Kier molecular flexibility index (Phi) is 19.6. The summed E-state index contributed by atoms with van der Waals surface area (Å²) in [6.07, 6.45) is 26.4. The Morgan fingerprint density at radius 1 is 0.250 bits per heavy atom. The number of pyridine rings is 1. The van der Waals surface area contributed by atoms with Crippen LogP contribution in [0.25, 0.3) is 79.3 Å². The molecule has 0 saturated carbocycles. The van der Waals surface area contributed by atoms with Gasteiger partial charge in [0, 0.05) is 45.1 Å². The Morgan fingerprint density at radius 3 is 0.861 bits per heavy atom. The fourth-order valence-corrected chi connectivity index (χ4v) is 9.47. The van der Waals surface area contributed by atoms with Crippen molar-refractivity contribution in [1.29, 1.82) is 0 Å². The van der Waals surface area contributed by atoms with Crippen molar-refractivity contribution in [3.05, 3.63) is 168 Å². The summed E-state index contributed by atoms with van der Waals surface area (Å²) in [6, 6.07) is 50.3. The van der Waals surface area contributed by atoms with Gasteiger partial charge in [0.25, 0.3) is 0 Å². The molecule has 3 heterocycles. The summed E-state index contributed by atoms with van der Waals surface area (Å²) in [6.45, 7) is 9.05. The highest BCUT2D eigenvalue weighted by molar-refractivity contribution is 5.74. The molecule has 0 N–H and O–H groups in total. The van der Waals surface area contributed by atoms with E-state index >= 15 is 0 Å². The van der Waals surface area contributed by atoms with E-state index in [2.05, 4.69) is 167 Å². The Hall–Kier alpha value is -6.66. The van der Waals surface area contributed by atoms with Crippen molar-refractivity contribution in [3.8, 4) is 79.3 Å². The second-order valence-electron chi connectivity index (χ2n) is 19.8. The third kappa shape index (κ3) is 14.7. The molecule has 8 rings (SSSR count). The van der Waals surface area contributed by atoms with Crippen LogP contribution in [0.3, 0.4) is 0 Å². The molecule has 6 heteroatoms. The van der Waals surface area contributed by atoms with E-state index in [1.54, 1.807) is 0 Å². The zero-order valence-electron chi connectivity index (χ0n) is 43.7. The second kappa shape index (κ2) is 27.2. The lowest BCUT2D eigenvalue weighted by molar-refractivity contribution is 0.667. The third-order valence-electron chi connectivity index (χ3n) is 14.0. The van der Waals surface area contributed by atoms with Gasteiger partial charge in [0.05, 0.1) is 17.1 Å². The maximum atomic E-state index is 5.19. The maximum absolute atomic E-state index is 5.19. The minimum absolute atomic E-state index is 0.604. The molecule has 6 nitrogen and oxygen atoms in total. The number of hydrogen-bond donors (Lipinski definition) is 0. The van der Waals surface area contributed by atoms with Gasteiger partial charge >= 0.3 is 0 Å². The molecule has 0 amide bonds. The van der Waals surface area contributed by atoms with Gasteiger partial charge in [-0.1, -0.05) is 226 Å². The lowest BCUT2D eigenvalue weighted by Crippen LogP contribution is -2.01. The van der Waals surface area contributed by atoms with E-state index < -0.39 is 0 Å². The molecule has 72 heavy (non-hydrogen) atoms. The number of unbranched alkanes of at least 4 members (excludes halogenated alkanes) is 12. The van der Waals surface area contributed by atoms with Gasteiger partial charge in [-0.2, -0.15) is 0 Å². The molecule has 0 bridgehead atoms.